The SMILES string of the molecule is CC1CCC(c2noc(=O)o2)CC1. The fraction of sp³-hybridized carbons (Fsp3) is 0.778. The molecule has 0 N–H and O–H groups in total. The van der Waals surface area contributed by atoms with Crippen LogP contribution in [0.15, 0.2) is 13.7 Å². The summed E-state index contributed by atoms with van der Waals surface area (Å²) in [7, 11) is 0. The lowest BCUT2D eigenvalue weighted by atomic mass is 9.83. The molecule has 1 heterocycles. The van der Waals surface area contributed by atoms with Gasteiger partial charge in [0.25, 0.3) is 0 Å². The maximum absolute atomic E-state index is 10.6. The largest absolute Gasteiger partial charge is 0.542 e. The Morgan fingerprint density at radius 1 is 1.31 bits per heavy atom. The van der Waals surface area contributed by atoms with Crippen LogP contribution in [0.5, 0.6) is 0 Å². The molecule has 1 aromatic rings. The summed E-state index contributed by atoms with van der Waals surface area (Å²) in [5, 5.41) is 3.61. The molecule has 13 heavy (non-hydrogen) atoms. The van der Waals surface area contributed by atoms with Crippen molar-refractivity contribution < 1.29 is 8.94 Å². The van der Waals surface area contributed by atoms with Crippen molar-refractivity contribution >= 4 is 0 Å². The first-order chi connectivity index (χ1) is 6.25. The first-order valence-electron chi connectivity index (χ1n) is 4.72. The Balaban J connectivity index is 2.06. The smallest absolute Gasteiger partial charge is 0.375 e. The van der Waals surface area contributed by atoms with Gasteiger partial charge in [-0.2, -0.15) is 0 Å². The standard InChI is InChI=1S/C9H13NO3/c1-6-2-4-7(5-3-6)8-10-13-9(11)12-8/h6-7H,2-5H2,1H3. The van der Waals surface area contributed by atoms with Crippen molar-refractivity contribution in [3.63, 3.8) is 0 Å². The predicted octanol–water partition coefficient (Wildman–Crippen LogP) is 1.92. The monoisotopic (exact) mass is 183 g/mol. The third kappa shape index (κ3) is 1.82. The van der Waals surface area contributed by atoms with Crippen LogP contribution in [0.2, 0.25) is 0 Å². The van der Waals surface area contributed by atoms with Crippen LogP contribution in [0.1, 0.15) is 44.4 Å². The summed E-state index contributed by atoms with van der Waals surface area (Å²) < 4.78 is 9.20. The molecule has 0 spiro atoms. The summed E-state index contributed by atoms with van der Waals surface area (Å²) in [4.78, 5) is 10.6. The average molecular weight is 183 g/mol. The van der Waals surface area contributed by atoms with Crippen molar-refractivity contribution in [1.29, 1.82) is 0 Å². The van der Waals surface area contributed by atoms with Gasteiger partial charge < -0.3 is 4.42 Å². The van der Waals surface area contributed by atoms with Crippen molar-refractivity contribution in [2.24, 2.45) is 5.92 Å². The van der Waals surface area contributed by atoms with E-state index < -0.39 is 5.82 Å². The highest BCUT2D eigenvalue weighted by atomic mass is 16.6. The Labute approximate surface area is 75.9 Å². The zero-order chi connectivity index (χ0) is 9.26. The van der Waals surface area contributed by atoms with Gasteiger partial charge in [-0.15, -0.1) is 0 Å². The van der Waals surface area contributed by atoms with Gasteiger partial charge in [-0.25, -0.2) is 4.79 Å². The molecule has 0 unspecified atom stereocenters. The molecule has 0 saturated heterocycles. The predicted molar refractivity (Wildman–Crippen MR) is 45.4 cm³/mol. The first-order valence-corrected chi connectivity index (χ1v) is 4.72. The molecule has 0 aromatic carbocycles. The van der Waals surface area contributed by atoms with Crippen LogP contribution < -0.4 is 5.82 Å². The van der Waals surface area contributed by atoms with Crippen LogP contribution in [0.4, 0.5) is 0 Å². The van der Waals surface area contributed by atoms with Crippen molar-refractivity contribution in [2.45, 2.75) is 38.5 Å². The van der Waals surface area contributed by atoms with E-state index in [-0.39, 0.29) is 0 Å². The molecule has 1 aliphatic rings. The molecule has 0 atom stereocenters. The fourth-order valence-corrected chi connectivity index (χ4v) is 1.87. The Kier molecular flexibility index (Phi) is 2.20. The highest BCUT2D eigenvalue weighted by molar-refractivity contribution is 4.90. The highest BCUT2D eigenvalue weighted by Crippen LogP contribution is 2.33. The topological polar surface area (TPSA) is 56.2 Å². The average Bonchev–Trinajstić information content (AvgIpc) is 2.53. The Hall–Kier alpha value is -1.06. The van der Waals surface area contributed by atoms with Crippen molar-refractivity contribution in [3.8, 4) is 0 Å². The summed E-state index contributed by atoms with van der Waals surface area (Å²) in [5.41, 5.74) is 0. The van der Waals surface area contributed by atoms with E-state index in [1.807, 2.05) is 0 Å². The minimum atomic E-state index is -0.686. The number of hydrogen-bond donors (Lipinski definition) is 0. The maximum atomic E-state index is 10.6. The number of aromatic nitrogens is 1. The van der Waals surface area contributed by atoms with E-state index >= 15 is 0 Å². The summed E-state index contributed by atoms with van der Waals surface area (Å²) in [6.45, 7) is 2.25. The lowest BCUT2D eigenvalue weighted by molar-refractivity contribution is 0.301. The summed E-state index contributed by atoms with van der Waals surface area (Å²) in [6, 6.07) is 0. The summed E-state index contributed by atoms with van der Waals surface area (Å²) in [5.74, 6) is 0.878. The van der Waals surface area contributed by atoms with Crippen LogP contribution in [0.25, 0.3) is 0 Å². The second kappa shape index (κ2) is 3.36. The second-order valence-electron chi connectivity index (χ2n) is 3.83. The van der Waals surface area contributed by atoms with Crippen LogP contribution in [-0.2, 0) is 0 Å². The molecule has 72 valence electrons. The van der Waals surface area contributed by atoms with Crippen LogP contribution >= 0.6 is 0 Å². The third-order valence-electron chi connectivity index (χ3n) is 2.76. The number of nitrogens with zero attached hydrogens (tertiary/aromatic N) is 1. The van der Waals surface area contributed by atoms with E-state index in [4.69, 9.17) is 4.42 Å². The quantitative estimate of drug-likeness (QED) is 0.667. The van der Waals surface area contributed by atoms with Gasteiger partial charge >= 0.3 is 5.82 Å². The molecule has 1 saturated carbocycles. The molecule has 4 heteroatoms. The lowest BCUT2D eigenvalue weighted by Gasteiger charge is -2.22. The molecule has 0 aliphatic heterocycles. The maximum Gasteiger partial charge on any atom is 0.542 e. The van der Waals surface area contributed by atoms with Gasteiger partial charge in [-0.3, -0.25) is 4.52 Å². The van der Waals surface area contributed by atoms with Crippen LogP contribution in [0, 0.1) is 5.92 Å². The summed E-state index contributed by atoms with van der Waals surface area (Å²) >= 11 is 0. The molecule has 1 fully saturated rings. The van der Waals surface area contributed by atoms with E-state index in [0.29, 0.717) is 11.8 Å². The fourth-order valence-electron chi connectivity index (χ4n) is 1.87. The second-order valence-corrected chi connectivity index (χ2v) is 3.83. The molecular formula is C9H13NO3. The molecule has 0 amide bonds. The zero-order valence-corrected chi connectivity index (χ0v) is 7.66. The molecule has 2 rings (SSSR count). The van der Waals surface area contributed by atoms with Gasteiger partial charge in [0.2, 0.25) is 5.89 Å². The third-order valence-corrected chi connectivity index (χ3v) is 2.76. The Morgan fingerprint density at radius 3 is 2.54 bits per heavy atom. The van der Waals surface area contributed by atoms with Crippen LogP contribution in [-0.4, -0.2) is 5.16 Å². The van der Waals surface area contributed by atoms with Gasteiger partial charge in [0, 0.05) is 5.92 Å². The van der Waals surface area contributed by atoms with Gasteiger partial charge in [-0.05, 0) is 36.8 Å². The van der Waals surface area contributed by atoms with Crippen LogP contribution in [0.3, 0.4) is 0 Å². The minimum Gasteiger partial charge on any atom is -0.375 e. The Morgan fingerprint density at radius 2 is 2.00 bits per heavy atom. The van der Waals surface area contributed by atoms with Gasteiger partial charge in [-0.1, -0.05) is 6.92 Å². The zero-order valence-electron chi connectivity index (χ0n) is 7.66. The number of hydrogen-bond acceptors (Lipinski definition) is 4. The Bertz CT molecular complexity index is 320. The molecule has 0 bridgehead atoms. The highest BCUT2D eigenvalue weighted by Gasteiger charge is 2.24. The minimum absolute atomic E-state index is 0.294. The van der Waals surface area contributed by atoms with E-state index in [1.54, 1.807) is 0 Å². The van der Waals surface area contributed by atoms with Crippen molar-refractivity contribution in [3.05, 3.63) is 16.5 Å². The lowest BCUT2D eigenvalue weighted by Crippen LogP contribution is -2.11. The molecular weight excluding hydrogens is 170 g/mol. The van der Waals surface area contributed by atoms with Gasteiger partial charge in [0.15, 0.2) is 0 Å². The molecule has 1 aromatic heterocycles. The normalized spacial score (nSPS) is 29.0. The van der Waals surface area contributed by atoms with Gasteiger partial charge in [0.05, 0.1) is 0 Å². The van der Waals surface area contributed by atoms with E-state index in [9.17, 15) is 4.79 Å². The van der Waals surface area contributed by atoms with Gasteiger partial charge in [0.1, 0.15) is 0 Å². The van der Waals surface area contributed by atoms with E-state index in [1.165, 1.54) is 12.8 Å². The molecule has 0 radical (unpaired) electrons. The summed E-state index contributed by atoms with van der Waals surface area (Å²) in [6.07, 6.45) is 4.47. The van der Waals surface area contributed by atoms with E-state index in [2.05, 4.69) is 16.6 Å². The van der Waals surface area contributed by atoms with E-state index in [0.717, 1.165) is 18.8 Å². The first kappa shape index (κ1) is 8.53. The molecule has 4 nitrogen and oxygen atoms in total. The van der Waals surface area contributed by atoms with Crippen molar-refractivity contribution in [2.75, 3.05) is 0 Å². The van der Waals surface area contributed by atoms with Crippen molar-refractivity contribution in [1.82, 2.24) is 5.16 Å². The molecule has 1 aliphatic carbocycles. The number of rotatable bonds is 1.